The van der Waals surface area contributed by atoms with Gasteiger partial charge in [0.1, 0.15) is 5.82 Å². The van der Waals surface area contributed by atoms with Crippen molar-refractivity contribution in [3.05, 3.63) is 65.6 Å². The minimum Gasteiger partial charge on any atom is -0.369 e. The number of halogens is 3. The number of nitrogens with zero attached hydrogens (tertiary/aromatic N) is 2. The van der Waals surface area contributed by atoms with Gasteiger partial charge in [-0.25, -0.2) is 9.07 Å². The fraction of sp³-hybridized carbons (Fsp3) is 0.176. The highest BCUT2D eigenvalue weighted by Gasteiger charge is 2.20. The maximum atomic E-state index is 13.0. The summed E-state index contributed by atoms with van der Waals surface area (Å²) in [5.41, 5.74) is 7.25. The quantitative estimate of drug-likeness (QED) is 0.778. The summed E-state index contributed by atoms with van der Waals surface area (Å²) in [5.74, 6) is -1.55. The number of benzene rings is 2. The minimum absolute atomic E-state index is 0.296. The lowest BCUT2D eigenvalue weighted by Gasteiger charge is -2.14. The van der Waals surface area contributed by atoms with Crippen molar-refractivity contribution in [2.45, 2.75) is 18.9 Å². The van der Waals surface area contributed by atoms with Crippen LogP contribution < -0.4 is 5.73 Å². The number of hydrogen-bond acceptors (Lipinski definition) is 2. The molecule has 0 bridgehead atoms. The molecule has 1 aromatic heterocycles. The molecule has 0 aliphatic carbocycles. The first-order valence-electron chi connectivity index (χ1n) is 7.25. The SMILES string of the molecule is NC(=O)C(Cc1ccc(F)cc1)c1ccc2nn(C(F)F)cc2c1. The van der Waals surface area contributed by atoms with Gasteiger partial charge in [-0.3, -0.25) is 4.79 Å². The third-order valence-corrected chi connectivity index (χ3v) is 3.85. The Bertz CT molecular complexity index is 874. The van der Waals surface area contributed by atoms with Gasteiger partial charge in [-0.2, -0.15) is 13.9 Å². The predicted octanol–water partition coefficient (Wildman–Crippen LogP) is 3.38. The van der Waals surface area contributed by atoms with Gasteiger partial charge >= 0.3 is 6.55 Å². The standard InChI is InChI=1S/C17H14F3N3O/c18-13-4-1-10(2-5-13)7-14(16(21)24)11-3-6-15-12(8-11)9-23(22-15)17(19)20/h1-6,8-9,14,17H,7H2,(H2,21,24). The van der Waals surface area contributed by atoms with Gasteiger partial charge in [0.05, 0.1) is 11.4 Å². The Hall–Kier alpha value is -2.83. The first kappa shape index (κ1) is 16.0. The van der Waals surface area contributed by atoms with Crippen LogP contribution >= 0.6 is 0 Å². The highest BCUT2D eigenvalue weighted by atomic mass is 19.3. The van der Waals surface area contributed by atoms with Crippen molar-refractivity contribution in [1.29, 1.82) is 0 Å². The van der Waals surface area contributed by atoms with E-state index in [9.17, 15) is 18.0 Å². The number of carbonyl (C=O) groups excluding carboxylic acids is 1. The fourth-order valence-electron chi connectivity index (χ4n) is 2.62. The van der Waals surface area contributed by atoms with Crippen LogP contribution in [0, 0.1) is 5.82 Å². The lowest BCUT2D eigenvalue weighted by atomic mass is 9.91. The fourth-order valence-corrected chi connectivity index (χ4v) is 2.62. The smallest absolute Gasteiger partial charge is 0.333 e. The average Bonchev–Trinajstić information content (AvgIpc) is 2.97. The summed E-state index contributed by atoms with van der Waals surface area (Å²) in [4.78, 5) is 11.8. The molecule has 7 heteroatoms. The molecule has 0 fully saturated rings. The molecule has 0 saturated heterocycles. The van der Waals surface area contributed by atoms with E-state index >= 15 is 0 Å². The lowest BCUT2D eigenvalue weighted by Crippen LogP contribution is -2.23. The van der Waals surface area contributed by atoms with Gasteiger partial charge in [0, 0.05) is 11.6 Å². The van der Waals surface area contributed by atoms with Crippen molar-refractivity contribution < 1.29 is 18.0 Å². The number of nitrogens with two attached hydrogens (primary N) is 1. The molecule has 1 amide bonds. The number of alkyl halides is 2. The van der Waals surface area contributed by atoms with Crippen LogP contribution in [-0.2, 0) is 11.2 Å². The molecule has 4 nitrogen and oxygen atoms in total. The molecule has 2 aromatic carbocycles. The van der Waals surface area contributed by atoms with Crippen molar-refractivity contribution in [1.82, 2.24) is 9.78 Å². The van der Waals surface area contributed by atoms with Crippen molar-refractivity contribution in [3.8, 4) is 0 Å². The molecule has 0 saturated carbocycles. The van der Waals surface area contributed by atoms with E-state index in [4.69, 9.17) is 5.73 Å². The molecule has 3 aromatic rings. The molecular formula is C17H14F3N3O. The van der Waals surface area contributed by atoms with Gasteiger partial charge in [-0.05, 0) is 41.8 Å². The number of aromatic nitrogens is 2. The third-order valence-electron chi connectivity index (χ3n) is 3.85. The molecule has 1 heterocycles. The zero-order valence-corrected chi connectivity index (χ0v) is 12.5. The summed E-state index contributed by atoms with van der Waals surface area (Å²) in [6.07, 6.45) is 1.52. The number of rotatable bonds is 5. The Labute approximate surface area is 135 Å². The first-order valence-corrected chi connectivity index (χ1v) is 7.25. The average molecular weight is 333 g/mol. The maximum Gasteiger partial charge on any atom is 0.333 e. The highest BCUT2D eigenvalue weighted by molar-refractivity contribution is 5.85. The normalized spacial score (nSPS) is 12.7. The van der Waals surface area contributed by atoms with E-state index in [0.717, 1.165) is 5.56 Å². The van der Waals surface area contributed by atoms with E-state index in [1.54, 1.807) is 30.3 Å². The van der Waals surface area contributed by atoms with E-state index in [1.807, 2.05) is 0 Å². The molecule has 1 unspecified atom stereocenters. The van der Waals surface area contributed by atoms with Crippen LogP contribution in [0.4, 0.5) is 13.2 Å². The van der Waals surface area contributed by atoms with Gasteiger partial charge in [0.15, 0.2) is 0 Å². The summed E-state index contributed by atoms with van der Waals surface area (Å²) in [7, 11) is 0. The Kier molecular flexibility index (Phi) is 4.24. The van der Waals surface area contributed by atoms with Gasteiger partial charge in [-0.1, -0.05) is 18.2 Å². The molecular weight excluding hydrogens is 319 g/mol. The van der Waals surface area contributed by atoms with Gasteiger partial charge < -0.3 is 5.73 Å². The van der Waals surface area contributed by atoms with E-state index < -0.39 is 18.4 Å². The largest absolute Gasteiger partial charge is 0.369 e. The van der Waals surface area contributed by atoms with Crippen molar-refractivity contribution in [3.63, 3.8) is 0 Å². The van der Waals surface area contributed by atoms with Crippen LogP contribution in [0.1, 0.15) is 23.6 Å². The number of amides is 1. The monoisotopic (exact) mass is 333 g/mol. The van der Waals surface area contributed by atoms with E-state index in [-0.39, 0.29) is 5.82 Å². The van der Waals surface area contributed by atoms with Crippen LogP contribution in [0.5, 0.6) is 0 Å². The Morgan fingerprint density at radius 2 is 1.88 bits per heavy atom. The van der Waals surface area contributed by atoms with Crippen LogP contribution in [0.25, 0.3) is 10.9 Å². The maximum absolute atomic E-state index is 13.0. The number of primary amides is 1. The topological polar surface area (TPSA) is 60.9 Å². The van der Waals surface area contributed by atoms with Crippen LogP contribution in [0.3, 0.4) is 0 Å². The minimum atomic E-state index is -2.73. The van der Waals surface area contributed by atoms with E-state index in [0.29, 0.717) is 27.6 Å². The molecule has 1 atom stereocenters. The van der Waals surface area contributed by atoms with Crippen molar-refractivity contribution in [2.75, 3.05) is 0 Å². The molecule has 0 aliphatic rings. The molecule has 0 radical (unpaired) electrons. The second kappa shape index (κ2) is 6.35. The lowest BCUT2D eigenvalue weighted by molar-refractivity contribution is -0.119. The molecule has 2 N–H and O–H groups in total. The number of hydrogen-bond donors (Lipinski definition) is 1. The molecule has 124 valence electrons. The molecule has 24 heavy (non-hydrogen) atoms. The molecule has 3 rings (SSSR count). The Morgan fingerprint density at radius 1 is 1.17 bits per heavy atom. The summed E-state index contributed by atoms with van der Waals surface area (Å²) in [5, 5.41) is 4.26. The zero-order chi connectivity index (χ0) is 17.3. The summed E-state index contributed by atoms with van der Waals surface area (Å²) < 4.78 is 39.0. The van der Waals surface area contributed by atoms with Crippen molar-refractivity contribution in [2.24, 2.45) is 5.73 Å². The number of carbonyl (C=O) groups is 1. The van der Waals surface area contributed by atoms with Crippen LogP contribution in [-0.4, -0.2) is 15.7 Å². The Balaban J connectivity index is 1.94. The van der Waals surface area contributed by atoms with E-state index in [1.165, 1.54) is 18.3 Å². The second-order valence-corrected chi connectivity index (χ2v) is 5.49. The second-order valence-electron chi connectivity index (χ2n) is 5.49. The summed E-state index contributed by atoms with van der Waals surface area (Å²) in [6.45, 7) is -2.73. The number of fused-ring (bicyclic) bond motifs is 1. The van der Waals surface area contributed by atoms with Crippen LogP contribution in [0.15, 0.2) is 48.7 Å². The highest BCUT2D eigenvalue weighted by Crippen LogP contribution is 2.25. The summed E-state index contributed by atoms with van der Waals surface area (Å²) in [6, 6.07) is 10.6. The summed E-state index contributed by atoms with van der Waals surface area (Å²) >= 11 is 0. The van der Waals surface area contributed by atoms with Gasteiger partial charge in [-0.15, -0.1) is 0 Å². The molecule has 0 aliphatic heterocycles. The van der Waals surface area contributed by atoms with Gasteiger partial charge in [0.2, 0.25) is 5.91 Å². The third kappa shape index (κ3) is 3.24. The Morgan fingerprint density at radius 3 is 2.50 bits per heavy atom. The van der Waals surface area contributed by atoms with Crippen molar-refractivity contribution >= 4 is 16.8 Å². The van der Waals surface area contributed by atoms with Gasteiger partial charge in [0.25, 0.3) is 0 Å². The van der Waals surface area contributed by atoms with Crippen LogP contribution in [0.2, 0.25) is 0 Å². The van der Waals surface area contributed by atoms with E-state index in [2.05, 4.69) is 5.10 Å². The predicted molar refractivity (Wildman–Crippen MR) is 83.0 cm³/mol. The zero-order valence-electron chi connectivity index (χ0n) is 12.5. The molecule has 0 spiro atoms. The first-order chi connectivity index (χ1) is 11.4.